The van der Waals surface area contributed by atoms with Gasteiger partial charge in [0.2, 0.25) is 5.91 Å². The molecule has 2 aromatic rings. The second kappa shape index (κ2) is 8.59. The zero-order valence-electron chi connectivity index (χ0n) is 14.8. The third kappa shape index (κ3) is 4.34. The lowest BCUT2D eigenvalue weighted by Gasteiger charge is -2.16. The highest BCUT2D eigenvalue weighted by Crippen LogP contribution is 2.23. The van der Waals surface area contributed by atoms with E-state index in [0.717, 1.165) is 5.56 Å². The van der Waals surface area contributed by atoms with Crippen LogP contribution in [0.3, 0.4) is 0 Å². The molecule has 0 unspecified atom stereocenters. The first-order valence-corrected chi connectivity index (χ1v) is 10.1. The van der Waals surface area contributed by atoms with Gasteiger partial charge < -0.3 is 5.32 Å². The van der Waals surface area contributed by atoms with E-state index in [1.54, 1.807) is 30.3 Å². The van der Waals surface area contributed by atoms with Gasteiger partial charge in [-0.15, -0.1) is 0 Å². The first-order chi connectivity index (χ1) is 13.0. The Kier molecular flexibility index (Phi) is 6.19. The van der Waals surface area contributed by atoms with Crippen LogP contribution in [0.2, 0.25) is 5.02 Å². The molecule has 1 aliphatic rings. The molecule has 27 heavy (non-hydrogen) atoms. The number of carbonyl (C=O) groups excluding carboxylic acids is 3. The van der Waals surface area contributed by atoms with Crippen LogP contribution in [0.15, 0.2) is 48.5 Å². The fourth-order valence-corrected chi connectivity index (χ4v) is 3.97. The average Bonchev–Trinajstić information content (AvgIpc) is 2.90. The summed E-state index contributed by atoms with van der Waals surface area (Å²) in [5.41, 5.74) is 1.75. The van der Waals surface area contributed by atoms with Crippen LogP contribution in [0.1, 0.15) is 39.2 Å². The Balaban J connectivity index is 1.44. The fraction of sp³-hybridized carbons (Fsp3) is 0.250. The van der Waals surface area contributed by atoms with E-state index in [4.69, 9.17) is 11.6 Å². The predicted molar refractivity (Wildman–Crippen MR) is 107 cm³/mol. The van der Waals surface area contributed by atoms with E-state index in [1.165, 1.54) is 16.7 Å². The van der Waals surface area contributed by atoms with Gasteiger partial charge in [0.25, 0.3) is 11.8 Å². The summed E-state index contributed by atoms with van der Waals surface area (Å²) in [7, 11) is 0. The van der Waals surface area contributed by atoms with Gasteiger partial charge in [0, 0.05) is 17.3 Å². The maximum Gasteiger partial charge on any atom is 0.261 e. The number of nitrogens with one attached hydrogen (secondary N) is 1. The molecule has 5 nitrogen and oxygen atoms in total. The molecule has 1 aliphatic heterocycles. The summed E-state index contributed by atoms with van der Waals surface area (Å²) in [5.74, 6) is 0.0906. The first kappa shape index (κ1) is 19.5. The first-order valence-electron chi connectivity index (χ1n) is 8.56. The number of fused-ring (bicyclic) bond motifs is 1. The molecule has 140 valence electrons. The molecule has 3 amide bonds. The monoisotopic (exact) mass is 402 g/mol. The zero-order chi connectivity index (χ0) is 19.4. The molecule has 3 rings (SSSR count). The number of amides is 3. The van der Waals surface area contributed by atoms with Gasteiger partial charge in [-0.2, -0.15) is 11.8 Å². The van der Waals surface area contributed by atoms with Crippen molar-refractivity contribution >= 4 is 41.1 Å². The quantitative estimate of drug-likeness (QED) is 0.568. The Morgan fingerprint density at radius 3 is 2.30 bits per heavy atom. The van der Waals surface area contributed by atoms with E-state index >= 15 is 0 Å². The Morgan fingerprint density at radius 2 is 1.67 bits per heavy atom. The topological polar surface area (TPSA) is 66.5 Å². The number of hydrogen-bond acceptors (Lipinski definition) is 4. The Labute approximate surface area is 167 Å². The molecule has 0 aliphatic carbocycles. The fourth-order valence-electron chi connectivity index (χ4n) is 2.95. The molecule has 0 radical (unpaired) electrons. The second-order valence-corrected chi connectivity index (χ2v) is 7.68. The molecule has 7 heteroatoms. The highest BCUT2D eigenvalue weighted by Gasteiger charge is 2.34. The van der Waals surface area contributed by atoms with Gasteiger partial charge in [-0.1, -0.05) is 41.9 Å². The van der Waals surface area contributed by atoms with Crippen LogP contribution < -0.4 is 5.32 Å². The van der Waals surface area contributed by atoms with Gasteiger partial charge in [0.15, 0.2) is 0 Å². The summed E-state index contributed by atoms with van der Waals surface area (Å²) in [6.07, 6.45) is 0. The standard InChI is InChI=1S/C20H19ClN2O3S/c1-13(14-6-4-5-9-17(14)21)22-18(24)12-27-11-10-23-19(25)15-7-2-3-8-16(15)20(23)26/h2-9,13H,10-12H2,1H3,(H,22,24)/t13-/m0/s1. The van der Waals surface area contributed by atoms with Crippen molar-refractivity contribution in [3.63, 3.8) is 0 Å². The van der Waals surface area contributed by atoms with Crippen molar-refractivity contribution in [1.29, 1.82) is 0 Å². The van der Waals surface area contributed by atoms with E-state index in [2.05, 4.69) is 5.32 Å². The van der Waals surface area contributed by atoms with Crippen molar-refractivity contribution in [3.05, 3.63) is 70.2 Å². The van der Waals surface area contributed by atoms with Crippen LogP contribution in [-0.4, -0.2) is 40.7 Å². The largest absolute Gasteiger partial charge is 0.349 e. The molecule has 2 aromatic carbocycles. The van der Waals surface area contributed by atoms with Gasteiger partial charge in [-0.3, -0.25) is 19.3 Å². The Morgan fingerprint density at radius 1 is 1.07 bits per heavy atom. The van der Waals surface area contributed by atoms with Crippen LogP contribution >= 0.6 is 23.4 Å². The molecular weight excluding hydrogens is 384 g/mol. The lowest BCUT2D eigenvalue weighted by atomic mass is 10.1. The molecule has 1 atom stereocenters. The summed E-state index contributed by atoms with van der Waals surface area (Å²) in [4.78, 5) is 37.9. The predicted octanol–water partition coefficient (Wildman–Crippen LogP) is 3.55. The van der Waals surface area contributed by atoms with Crippen LogP contribution in [-0.2, 0) is 4.79 Å². The van der Waals surface area contributed by atoms with E-state index in [1.807, 2.05) is 25.1 Å². The van der Waals surface area contributed by atoms with Crippen LogP contribution in [0, 0.1) is 0 Å². The number of carbonyl (C=O) groups is 3. The summed E-state index contributed by atoms with van der Waals surface area (Å²) in [6, 6.07) is 14.0. The minimum absolute atomic E-state index is 0.116. The lowest BCUT2D eigenvalue weighted by molar-refractivity contribution is -0.119. The maximum absolute atomic E-state index is 12.3. The van der Waals surface area contributed by atoms with E-state index < -0.39 is 0 Å². The van der Waals surface area contributed by atoms with Crippen molar-refractivity contribution in [1.82, 2.24) is 10.2 Å². The van der Waals surface area contributed by atoms with Crippen molar-refractivity contribution in [2.75, 3.05) is 18.1 Å². The number of halogens is 1. The highest BCUT2D eigenvalue weighted by molar-refractivity contribution is 7.99. The van der Waals surface area contributed by atoms with E-state index in [9.17, 15) is 14.4 Å². The number of hydrogen-bond donors (Lipinski definition) is 1. The van der Waals surface area contributed by atoms with Crippen LogP contribution in [0.4, 0.5) is 0 Å². The van der Waals surface area contributed by atoms with Gasteiger partial charge >= 0.3 is 0 Å². The molecule has 0 aromatic heterocycles. The summed E-state index contributed by atoms with van der Waals surface area (Å²) < 4.78 is 0. The maximum atomic E-state index is 12.3. The van der Waals surface area contributed by atoms with E-state index in [-0.39, 0.29) is 36.1 Å². The van der Waals surface area contributed by atoms with Crippen LogP contribution in [0.25, 0.3) is 0 Å². The summed E-state index contributed by atoms with van der Waals surface area (Å²) in [6.45, 7) is 2.16. The van der Waals surface area contributed by atoms with Crippen molar-refractivity contribution in [3.8, 4) is 0 Å². The van der Waals surface area contributed by atoms with Gasteiger partial charge in [-0.25, -0.2) is 0 Å². The van der Waals surface area contributed by atoms with Crippen molar-refractivity contribution in [2.45, 2.75) is 13.0 Å². The van der Waals surface area contributed by atoms with E-state index in [0.29, 0.717) is 21.9 Å². The zero-order valence-corrected chi connectivity index (χ0v) is 16.3. The normalized spacial score (nSPS) is 14.2. The molecule has 1 N–H and O–H groups in total. The molecule has 0 fully saturated rings. The molecule has 0 spiro atoms. The average molecular weight is 403 g/mol. The Bertz CT molecular complexity index is 852. The lowest BCUT2D eigenvalue weighted by Crippen LogP contribution is -2.32. The number of rotatable bonds is 7. The number of thioether (sulfide) groups is 1. The van der Waals surface area contributed by atoms with Crippen LogP contribution in [0.5, 0.6) is 0 Å². The molecular formula is C20H19ClN2O3S. The van der Waals surface area contributed by atoms with Crippen molar-refractivity contribution < 1.29 is 14.4 Å². The van der Waals surface area contributed by atoms with Gasteiger partial charge in [-0.05, 0) is 30.7 Å². The minimum Gasteiger partial charge on any atom is -0.349 e. The summed E-state index contributed by atoms with van der Waals surface area (Å²) in [5, 5.41) is 3.52. The number of nitrogens with zero attached hydrogens (tertiary/aromatic N) is 1. The second-order valence-electron chi connectivity index (χ2n) is 6.17. The number of benzene rings is 2. The third-order valence-electron chi connectivity index (χ3n) is 4.32. The van der Waals surface area contributed by atoms with Crippen molar-refractivity contribution in [2.24, 2.45) is 0 Å². The van der Waals surface area contributed by atoms with Gasteiger partial charge in [0.1, 0.15) is 0 Å². The molecule has 0 saturated carbocycles. The highest BCUT2D eigenvalue weighted by atomic mass is 35.5. The molecule has 0 saturated heterocycles. The SMILES string of the molecule is C[C@H](NC(=O)CSCCN1C(=O)c2ccccc2C1=O)c1ccccc1Cl. The number of imide groups is 1. The molecule has 1 heterocycles. The minimum atomic E-state index is -0.270. The summed E-state index contributed by atoms with van der Waals surface area (Å²) >= 11 is 7.52. The van der Waals surface area contributed by atoms with Gasteiger partial charge in [0.05, 0.1) is 22.9 Å². The Hall–Kier alpha value is -2.31. The third-order valence-corrected chi connectivity index (χ3v) is 5.60. The smallest absolute Gasteiger partial charge is 0.261 e. The molecule has 0 bridgehead atoms.